The molecule has 0 aliphatic rings. The van der Waals surface area contributed by atoms with Crippen molar-refractivity contribution in [3.05, 3.63) is 65.7 Å². The second kappa shape index (κ2) is 7.79. The van der Waals surface area contributed by atoms with Gasteiger partial charge in [-0.1, -0.05) is 42.5 Å². The van der Waals surface area contributed by atoms with E-state index in [-0.39, 0.29) is 12.3 Å². The Labute approximate surface area is 143 Å². The van der Waals surface area contributed by atoms with Crippen LogP contribution in [0, 0.1) is 0 Å². The van der Waals surface area contributed by atoms with E-state index in [4.69, 9.17) is 4.74 Å². The number of hydrogen-bond donors (Lipinski definition) is 2. The van der Waals surface area contributed by atoms with Crippen LogP contribution in [0.3, 0.4) is 0 Å². The molecule has 0 aliphatic carbocycles. The molecule has 0 saturated carbocycles. The topological polar surface area (TPSA) is 75.6 Å². The SMILES string of the molecule is COc1ccc(CC(C)(O)CNS(=O)(=O)Cc2ccccc2)cc1. The van der Waals surface area contributed by atoms with Crippen LogP contribution < -0.4 is 9.46 Å². The average molecular weight is 349 g/mol. The van der Waals surface area contributed by atoms with Crippen molar-refractivity contribution in [1.82, 2.24) is 4.72 Å². The van der Waals surface area contributed by atoms with Gasteiger partial charge in [0, 0.05) is 13.0 Å². The number of rotatable bonds is 8. The van der Waals surface area contributed by atoms with Gasteiger partial charge in [0.2, 0.25) is 10.0 Å². The predicted molar refractivity (Wildman–Crippen MR) is 94.4 cm³/mol. The highest BCUT2D eigenvalue weighted by Crippen LogP contribution is 2.17. The van der Waals surface area contributed by atoms with E-state index >= 15 is 0 Å². The predicted octanol–water partition coefficient (Wildman–Crippen LogP) is 2.11. The molecule has 0 aliphatic heterocycles. The first-order valence-corrected chi connectivity index (χ1v) is 9.31. The lowest BCUT2D eigenvalue weighted by molar-refractivity contribution is 0.0657. The number of sulfonamides is 1. The monoisotopic (exact) mass is 349 g/mol. The summed E-state index contributed by atoms with van der Waals surface area (Å²) in [6.07, 6.45) is 0.338. The standard InChI is InChI=1S/C18H23NO4S/c1-18(20,12-15-8-10-17(23-2)11-9-15)14-19-24(21,22)13-16-6-4-3-5-7-16/h3-11,19-20H,12-14H2,1-2H3. The Morgan fingerprint density at radius 2 is 1.67 bits per heavy atom. The van der Waals surface area contributed by atoms with Crippen molar-refractivity contribution >= 4 is 10.0 Å². The third-order valence-electron chi connectivity index (χ3n) is 3.62. The Kier molecular flexibility index (Phi) is 5.99. The van der Waals surface area contributed by atoms with Gasteiger partial charge in [0.1, 0.15) is 5.75 Å². The summed E-state index contributed by atoms with van der Waals surface area (Å²) in [5.41, 5.74) is 0.432. The number of methoxy groups -OCH3 is 1. The molecule has 0 fully saturated rings. The van der Waals surface area contributed by atoms with Crippen molar-refractivity contribution in [2.45, 2.75) is 24.7 Å². The first kappa shape index (κ1) is 18.4. The minimum absolute atomic E-state index is 0.0474. The van der Waals surface area contributed by atoms with Crippen LogP contribution in [-0.4, -0.2) is 32.8 Å². The second-order valence-corrected chi connectivity index (χ2v) is 7.89. The van der Waals surface area contributed by atoms with Gasteiger partial charge in [-0.05, 0) is 30.2 Å². The van der Waals surface area contributed by atoms with Crippen LogP contribution in [0.2, 0.25) is 0 Å². The van der Waals surface area contributed by atoms with Gasteiger partial charge in [-0.15, -0.1) is 0 Å². The Balaban J connectivity index is 1.93. The highest BCUT2D eigenvalue weighted by atomic mass is 32.2. The molecule has 130 valence electrons. The fourth-order valence-electron chi connectivity index (χ4n) is 2.36. The minimum atomic E-state index is -3.50. The largest absolute Gasteiger partial charge is 0.497 e. The van der Waals surface area contributed by atoms with E-state index < -0.39 is 15.6 Å². The van der Waals surface area contributed by atoms with Gasteiger partial charge < -0.3 is 9.84 Å². The van der Waals surface area contributed by atoms with Gasteiger partial charge in [0.15, 0.2) is 0 Å². The molecule has 0 spiro atoms. The number of hydrogen-bond acceptors (Lipinski definition) is 4. The lowest BCUT2D eigenvalue weighted by Crippen LogP contribution is -2.42. The summed E-state index contributed by atoms with van der Waals surface area (Å²) in [6, 6.07) is 16.3. The molecule has 1 unspecified atom stereocenters. The molecule has 2 rings (SSSR count). The fraction of sp³-hybridized carbons (Fsp3) is 0.333. The maximum absolute atomic E-state index is 12.1. The molecular weight excluding hydrogens is 326 g/mol. The second-order valence-electron chi connectivity index (χ2n) is 6.09. The summed E-state index contributed by atoms with van der Waals surface area (Å²) < 4.78 is 31.9. The van der Waals surface area contributed by atoms with Gasteiger partial charge in [-0.25, -0.2) is 13.1 Å². The van der Waals surface area contributed by atoms with E-state index in [0.717, 1.165) is 11.3 Å². The number of aliphatic hydroxyl groups is 1. The summed E-state index contributed by atoms with van der Waals surface area (Å²) in [4.78, 5) is 0. The van der Waals surface area contributed by atoms with Gasteiger partial charge in [-0.2, -0.15) is 0 Å². The molecule has 2 aromatic rings. The Hall–Kier alpha value is -1.89. The molecule has 1 atom stereocenters. The van der Waals surface area contributed by atoms with Crippen LogP contribution >= 0.6 is 0 Å². The molecule has 2 aromatic carbocycles. The molecule has 0 aromatic heterocycles. The molecule has 0 radical (unpaired) electrons. The number of nitrogens with one attached hydrogen (secondary N) is 1. The third-order valence-corrected chi connectivity index (χ3v) is 4.91. The van der Waals surface area contributed by atoms with Crippen LogP contribution in [0.5, 0.6) is 5.75 Å². The van der Waals surface area contributed by atoms with E-state index in [1.807, 2.05) is 30.3 Å². The van der Waals surface area contributed by atoms with E-state index in [1.165, 1.54) is 0 Å². The fourth-order valence-corrected chi connectivity index (χ4v) is 3.62. The van der Waals surface area contributed by atoms with Crippen molar-refractivity contribution in [3.8, 4) is 5.75 Å². The molecule has 24 heavy (non-hydrogen) atoms. The first-order chi connectivity index (χ1) is 11.3. The summed E-state index contributed by atoms with van der Waals surface area (Å²) in [6.45, 7) is 1.57. The highest BCUT2D eigenvalue weighted by molar-refractivity contribution is 7.88. The zero-order valence-corrected chi connectivity index (χ0v) is 14.7. The van der Waals surface area contributed by atoms with Crippen molar-refractivity contribution in [1.29, 1.82) is 0 Å². The van der Waals surface area contributed by atoms with Crippen LogP contribution in [-0.2, 0) is 22.2 Å². The minimum Gasteiger partial charge on any atom is -0.497 e. The molecule has 0 heterocycles. The van der Waals surface area contributed by atoms with Crippen LogP contribution in [0.4, 0.5) is 0 Å². The first-order valence-electron chi connectivity index (χ1n) is 7.66. The quantitative estimate of drug-likeness (QED) is 0.765. The summed E-state index contributed by atoms with van der Waals surface area (Å²) in [5, 5.41) is 10.5. The summed E-state index contributed by atoms with van der Waals surface area (Å²) in [5.74, 6) is 0.633. The maximum Gasteiger partial charge on any atom is 0.215 e. The van der Waals surface area contributed by atoms with Crippen molar-refractivity contribution in [2.75, 3.05) is 13.7 Å². The average Bonchev–Trinajstić information content (AvgIpc) is 2.54. The van der Waals surface area contributed by atoms with Crippen LogP contribution in [0.1, 0.15) is 18.1 Å². The zero-order chi connectivity index (χ0) is 17.6. The molecule has 5 nitrogen and oxygen atoms in total. The Morgan fingerprint density at radius 3 is 2.25 bits per heavy atom. The molecule has 0 amide bonds. The van der Waals surface area contributed by atoms with E-state index in [0.29, 0.717) is 12.0 Å². The highest BCUT2D eigenvalue weighted by Gasteiger charge is 2.24. The van der Waals surface area contributed by atoms with E-state index in [9.17, 15) is 13.5 Å². The molecule has 6 heteroatoms. The normalized spacial score (nSPS) is 14.1. The lowest BCUT2D eigenvalue weighted by Gasteiger charge is -2.24. The van der Waals surface area contributed by atoms with Crippen LogP contribution in [0.15, 0.2) is 54.6 Å². The molecule has 2 N–H and O–H groups in total. The number of ether oxygens (including phenoxy) is 1. The summed E-state index contributed by atoms with van der Waals surface area (Å²) in [7, 11) is -1.91. The van der Waals surface area contributed by atoms with Gasteiger partial charge in [0.25, 0.3) is 0 Å². The van der Waals surface area contributed by atoms with Crippen molar-refractivity contribution < 1.29 is 18.3 Å². The van der Waals surface area contributed by atoms with E-state index in [2.05, 4.69) is 4.72 Å². The summed E-state index contributed by atoms with van der Waals surface area (Å²) >= 11 is 0. The smallest absolute Gasteiger partial charge is 0.215 e. The lowest BCUT2D eigenvalue weighted by atomic mass is 9.97. The van der Waals surface area contributed by atoms with E-state index in [1.54, 1.807) is 38.3 Å². The third kappa shape index (κ3) is 5.96. The molecular formula is C18H23NO4S. The molecule has 0 saturated heterocycles. The van der Waals surface area contributed by atoms with Gasteiger partial charge >= 0.3 is 0 Å². The Bertz CT molecular complexity index is 740. The Morgan fingerprint density at radius 1 is 1.04 bits per heavy atom. The maximum atomic E-state index is 12.1. The van der Waals surface area contributed by atoms with Gasteiger partial charge in [-0.3, -0.25) is 0 Å². The van der Waals surface area contributed by atoms with Crippen molar-refractivity contribution in [3.63, 3.8) is 0 Å². The van der Waals surface area contributed by atoms with Crippen molar-refractivity contribution in [2.24, 2.45) is 0 Å². The number of benzene rings is 2. The zero-order valence-electron chi connectivity index (χ0n) is 13.9. The van der Waals surface area contributed by atoms with Gasteiger partial charge in [0.05, 0.1) is 18.5 Å². The van der Waals surface area contributed by atoms with Crippen LogP contribution in [0.25, 0.3) is 0 Å². The molecule has 0 bridgehead atoms.